The lowest BCUT2D eigenvalue weighted by Gasteiger charge is -2.33. The minimum atomic E-state index is -1.60. The van der Waals surface area contributed by atoms with Crippen molar-refractivity contribution in [3.05, 3.63) is 22.3 Å². The molecule has 5 heteroatoms. The van der Waals surface area contributed by atoms with Gasteiger partial charge < -0.3 is 4.74 Å². The summed E-state index contributed by atoms with van der Waals surface area (Å²) in [6, 6.07) is 0. The minimum absolute atomic E-state index is 0.0945. The molecule has 2 aliphatic heterocycles. The van der Waals surface area contributed by atoms with Crippen molar-refractivity contribution in [2.75, 3.05) is 0 Å². The van der Waals surface area contributed by atoms with Crippen molar-refractivity contribution in [3.8, 4) is 0 Å². The van der Waals surface area contributed by atoms with Crippen LogP contribution in [0.4, 0.5) is 0 Å². The number of nitrogens with zero attached hydrogens (tertiary/aromatic N) is 1. The van der Waals surface area contributed by atoms with Gasteiger partial charge in [-0.15, -0.1) is 0 Å². The number of ether oxygens (including phenoxy) is 1. The average molecular weight is 197 g/mol. The molecule has 76 valence electrons. The first-order chi connectivity index (χ1) is 6.49. The van der Waals surface area contributed by atoms with Gasteiger partial charge in [-0.05, 0) is 13.0 Å². The van der Waals surface area contributed by atoms with Gasteiger partial charge in [-0.2, -0.15) is 0 Å². The maximum atomic E-state index is 11.7. The van der Waals surface area contributed by atoms with Crippen molar-refractivity contribution < 1.29 is 14.5 Å². The predicted molar refractivity (Wildman–Crippen MR) is 47.1 cm³/mol. The fraction of sp³-hybridized carbons (Fsp3) is 0.667. The second-order valence-electron chi connectivity index (χ2n) is 3.86. The molecule has 2 rings (SSSR count). The van der Waals surface area contributed by atoms with Gasteiger partial charge in [-0.25, -0.2) is 0 Å². The molecule has 0 saturated carbocycles. The first-order valence-corrected chi connectivity index (χ1v) is 4.54. The van der Waals surface area contributed by atoms with Crippen molar-refractivity contribution >= 4 is 5.78 Å². The van der Waals surface area contributed by atoms with Crippen LogP contribution in [0.2, 0.25) is 0 Å². The van der Waals surface area contributed by atoms with E-state index < -0.39 is 22.7 Å². The van der Waals surface area contributed by atoms with E-state index in [2.05, 4.69) is 0 Å². The van der Waals surface area contributed by atoms with Crippen molar-refractivity contribution in [1.82, 2.24) is 0 Å². The van der Waals surface area contributed by atoms with E-state index in [1.807, 2.05) is 0 Å². The number of ketones is 1. The smallest absolute Gasteiger partial charge is 0.303 e. The van der Waals surface area contributed by atoms with Crippen LogP contribution in [-0.2, 0) is 9.53 Å². The molecule has 14 heavy (non-hydrogen) atoms. The van der Waals surface area contributed by atoms with E-state index in [1.54, 1.807) is 19.9 Å². The van der Waals surface area contributed by atoms with Crippen LogP contribution in [0.15, 0.2) is 12.2 Å². The summed E-state index contributed by atoms with van der Waals surface area (Å²) >= 11 is 0. The monoisotopic (exact) mass is 197 g/mol. The highest BCUT2D eigenvalue weighted by Gasteiger charge is 2.61. The second kappa shape index (κ2) is 2.63. The van der Waals surface area contributed by atoms with E-state index in [1.165, 1.54) is 6.08 Å². The Labute approximate surface area is 80.9 Å². The summed E-state index contributed by atoms with van der Waals surface area (Å²) in [5, 5.41) is 10.9. The molecule has 4 atom stereocenters. The number of carbonyl (C=O) groups is 1. The van der Waals surface area contributed by atoms with Gasteiger partial charge in [0.15, 0.2) is 5.78 Å². The molecule has 1 fully saturated rings. The number of Topliss-reactive ketones (excluding diaryl/α,β-unsaturated/α-hetero) is 1. The van der Waals surface area contributed by atoms with Crippen LogP contribution in [-0.4, -0.2) is 22.5 Å². The standard InChI is InChI=1S/C9H11NO4/c1-5-7-3-4-9(14-7,10(12)13)6(2)8(5)11/h3-7H,1-2H3/t5-,6-,7+,9-/m0/s1. The molecule has 0 aromatic heterocycles. The van der Waals surface area contributed by atoms with Gasteiger partial charge in [0.1, 0.15) is 5.92 Å². The van der Waals surface area contributed by atoms with E-state index in [0.717, 1.165) is 0 Å². The Morgan fingerprint density at radius 3 is 2.79 bits per heavy atom. The van der Waals surface area contributed by atoms with E-state index in [4.69, 9.17) is 4.74 Å². The maximum Gasteiger partial charge on any atom is 0.354 e. The summed E-state index contributed by atoms with van der Waals surface area (Å²) in [6.07, 6.45) is 2.60. The Bertz CT molecular complexity index is 338. The lowest BCUT2D eigenvalue weighted by molar-refractivity contribution is -0.623. The molecular weight excluding hydrogens is 186 g/mol. The summed E-state index contributed by atoms with van der Waals surface area (Å²) in [6.45, 7) is 3.29. The molecule has 0 aromatic carbocycles. The summed E-state index contributed by atoms with van der Waals surface area (Å²) in [5.74, 6) is -1.08. The van der Waals surface area contributed by atoms with Crippen LogP contribution in [0.25, 0.3) is 0 Å². The third-order valence-electron chi connectivity index (χ3n) is 3.12. The molecular formula is C9H11NO4. The Morgan fingerprint density at radius 1 is 1.57 bits per heavy atom. The molecule has 2 heterocycles. The van der Waals surface area contributed by atoms with Crippen LogP contribution in [0.3, 0.4) is 0 Å². The zero-order valence-electron chi connectivity index (χ0n) is 7.97. The van der Waals surface area contributed by atoms with Gasteiger partial charge in [0.2, 0.25) is 0 Å². The van der Waals surface area contributed by atoms with Crippen molar-refractivity contribution in [2.24, 2.45) is 11.8 Å². The van der Waals surface area contributed by atoms with Gasteiger partial charge in [-0.3, -0.25) is 14.9 Å². The largest absolute Gasteiger partial charge is 0.354 e. The van der Waals surface area contributed by atoms with Crippen LogP contribution in [0.1, 0.15) is 13.8 Å². The molecule has 0 amide bonds. The van der Waals surface area contributed by atoms with E-state index in [0.29, 0.717) is 0 Å². The highest BCUT2D eigenvalue weighted by Crippen LogP contribution is 2.41. The molecule has 1 saturated heterocycles. The third-order valence-corrected chi connectivity index (χ3v) is 3.12. The number of nitro groups is 1. The summed E-state index contributed by atoms with van der Waals surface area (Å²) in [5.41, 5.74) is -1.60. The number of carbonyl (C=O) groups excluding carboxylic acids is 1. The molecule has 0 N–H and O–H groups in total. The van der Waals surface area contributed by atoms with Crippen molar-refractivity contribution in [2.45, 2.75) is 25.7 Å². The molecule has 2 bridgehead atoms. The Hall–Kier alpha value is -1.23. The number of fused-ring (bicyclic) bond motifs is 2. The Balaban J connectivity index is 2.44. The summed E-state index contributed by atoms with van der Waals surface area (Å²) < 4.78 is 5.31. The molecule has 0 radical (unpaired) electrons. The topological polar surface area (TPSA) is 69.4 Å². The molecule has 2 aliphatic rings. The molecule has 0 spiro atoms. The number of rotatable bonds is 1. The SMILES string of the molecule is C[C@@H]1C(=O)[C@H](C)[C@]2([N+](=O)[O-])C=C[C@H]1O2. The normalized spacial score (nSPS) is 45.6. The van der Waals surface area contributed by atoms with E-state index >= 15 is 0 Å². The zero-order chi connectivity index (χ0) is 10.5. The first kappa shape index (κ1) is 9.33. The molecule has 0 aliphatic carbocycles. The average Bonchev–Trinajstić information content (AvgIpc) is 2.56. The lowest BCUT2D eigenvalue weighted by Crippen LogP contribution is -2.54. The maximum absolute atomic E-state index is 11.7. The van der Waals surface area contributed by atoms with Crippen LogP contribution >= 0.6 is 0 Å². The van der Waals surface area contributed by atoms with Crippen LogP contribution in [0, 0.1) is 22.0 Å². The number of hydrogen-bond donors (Lipinski definition) is 0. The summed E-state index contributed by atoms with van der Waals surface area (Å²) in [4.78, 5) is 22.0. The fourth-order valence-electron chi connectivity index (χ4n) is 2.07. The zero-order valence-corrected chi connectivity index (χ0v) is 7.97. The van der Waals surface area contributed by atoms with Crippen molar-refractivity contribution in [3.63, 3.8) is 0 Å². The third kappa shape index (κ3) is 0.901. The minimum Gasteiger partial charge on any atom is -0.303 e. The van der Waals surface area contributed by atoms with Gasteiger partial charge >= 0.3 is 5.72 Å². The highest BCUT2D eigenvalue weighted by atomic mass is 16.7. The highest BCUT2D eigenvalue weighted by molar-refractivity contribution is 5.86. The van der Waals surface area contributed by atoms with Crippen LogP contribution in [0.5, 0.6) is 0 Å². The summed E-state index contributed by atoms with van der Waals surface area (Å²) in [7, 11) is 0. The molecule has 0 unspecified atom stereocenters. The quantitative estimate of drug-likeness (QED) is 0.353. The Kier molecular flexibility index (Phi) is 1.75. The number of hydrogen-bond acceptors (Lipinski definition) is 4. The fourth-order valence-corrected chi connectivity index (χ4v) is 2.07. The van der Waals surface area contributed by atoms with E-state index in [-0.39, 0.29) is 11.7 Å². The van der Waals surface area contributed by atoms with Gasteiger partial charge in [0, 0.05) is 12.0 Å². The Morgan fingerprint density at radius 2 is 2.21 bits per heavy atom. The van der Waals surface area contributed by atoms with E-state index in [9.17, 15) is 14.9 Å². The molecule has 5 nitrogen and oxygen atoms in total. The first-order valence-electron chi connectivity index (χ1n) is 4.54. The van der Waals surface area contributed by atoms with Gasteiger partial charge in [0.05, 0.1) is 11.0 Å². The van der Waals surface area contributed by atoms with Crippen LogP contribution < -0.4 is 0 Å². The van der Waals surface area contributed by atoms with Crippen molar-refractivity contribution in [1.29, 1.82) is 0 Å². The predicted octanol–water partition coefficient (Wildman–Crippen LogP) is 0.769. The van der Waals surface area contributed by atoms with Gasteiger partial charge in [-0.1, -0.05) is 6.92 Å². The van der Waals surface area contributed by atoms with Gasteiger partial charge in [0.25, 0.3) is 0 Å². The lowest BCUT2D eigenvalue weighted by atomic mass is 9.85. The molecule has 0 aromatic rings. The second-order valence-corrected chi connectivity index (χ2v) is 3.86.